The fraction of sp³-hybridized carbons (Fsp3) is 0.500. The lowest BCUT2D eigenvalue weighted by Gasteiger charge is -2.15. The van der Waals surface area contributed by atoms with Gasteiger partial charge >= 0.3 is 6.18 Å². The van der Waals surface area contributed by atoms with Crippen LogP contribution in [0.25, 0.3) is 0 Å². The predicted octanol–water partition coefficient (Wildman–Crippen LogP) is 6.17. The van der Waals surface area contributed by atoms with Crippen LogP contribution in [0.3, 0.4) is 0 Å². The molecule has 0 fully saturated rings. The second kappa shape index (κ2) is 7.04. The summed E-state index contributed by atoms with van der Waals surface area (Å²) in [6.07, 6.45) is -5.18. The van der Waals surface area contributed by atoms with Gasteiger partial charge in [-0.05, 0) is 25.0 Å². The van der Waals surface area contributed by atoms with Crippen LogP contribution < -0.4 is 4.74 Å². The molecular weight excluding hydrogens is 368 g/mol. The van der Waals surface area contributed by atoms with Crippen molar-refractivity contribution in [2.24, 2.45) is 0 Å². The fourth-order valence-electron chi connectivity index (χ4n) is 1.50. The van der Waals surface area contributed by atoms with Gasteiger partial charge in [-0.15, -0.1) is 0 Å². The number of rotatable bonds is 5. The van der Waals surface area contributed by atoms with Gasteiger partial charge in [0.15, 0.2) is 0 Å². The van der Waals surface area contributed by atoms with Crippen molar-refractivity contribution < 1.29 is 17.9 Å². The second-order valence-electron chi connectivity index (χ2n) is 3.86. The number of benzene rings is 1. The van der Waals surface area contributed by atoms with E-state index in [-0.39, 0.29) is 6.42 Å². The van der Waals surface area contributed by atoms with E-state index in [2.05, 4.69) is 15.9 Å². The zero-order chi connectivity index (χ0) is 14.6. The molecule has 0 spiro atoms. The van der Waals surface area contributed by atoms with E-state index in [0.717, 1.165) is 0 Å². The average Bonchev–Trinajstić information content (AvgIpc) is 2.30. The summed E-state index contributed by atoms with van der Waals surface area (Å²) < 4.78 is 41.8. The maximum Gasteiger partial charge on any atom is 0.389 e. The van der Waals surface area contributed by atoms with E-state index < -0.39 is 17.4 Å². The van der Waals surface area contributed by atoms with Crippen molar-refractivity contribution in [2.45, 2.75) is 30.8 Å². The Hall–Kier alpha value is -0.130. The highest BCUT2D eigenvalue weighted by Gasteiger charge is 2.28. The van der Waals surface area contributed by atoms with E-state index in [1.165, 1.54) is 12.1 Å². The van der Waals surface area contributed by atoms with Gasteiger partial charge in [-0.3, -0.25) is 0 Å². The van der Waals surface area contributed by atoms with E-state index in [0.29, 0.717) is 28.0 Å². The SMILES string of the molecule is CCOc1cc(Cl)c(C(Br)CCC(F)(F)F)cc1Cl. The predicted molar refractivity (Wildman–Crippen MR) is 74.6 cm³/mol. The normalized spacial score (nSPS) is 13.4. The first-order valence-electron chi connectivity index (χ1n) is 5.57. The minimum atomic E-state index is -4.19. The summed E-state index contributed by atoms with van der Waals surface area (Å²) >= 11 is 15.2. The molecule has 7 heteroatoms. The van der Waals surface area contributed by atoms with Crippen LogP contribution in [0.1, 0.15) is 30.2 Å². The highest BCUT2D eigenvalue weighted by atomic mass is 79.9. The molecule has 1 unspecified atom stereocenters. The molecule has 0 heterocycles. The molecule has 1 aromatic carbocycles. The molecule has 19 heavy (non-hydrogen) atoms. The number of hydrogen-bond acceptors (Lipinski definition) is 1. The van der Waals surface area contributed by atoms with E-state index >= 15 is 0 Å². The molecule has 0 saturated carbocycles. The largest absolute Gasteiger partial charge is 0.492 e. The molecule has 108 valence electrons. The Labute approximate surface area is 128 Å². The Bertz CT molecular complexity index is 438. The summed E-state index contributed by atoms with van der Waals surface area (Å²) in [4.78, 5) is -0.505. The topological polar surface area (TPSA) is 9.23 Å². The van der Waals surface area contributed by atoms with Crippen molar-refractivity contribution in [1.82, 2.24) is 0 Å². The van der Waals surface area contributed by atoms with Gasteiger partial charge in [0.25, 0.3) is 0 Å². The molecule has 0 aliphatic carbocycles. The summed E-state index contributed by atoms with van der Waals surface area (Å²) in [6, 6.07) is 3.05. The van der Waals surface area contributed by atoms with Gasteiger partial charge in [0.05, 0.1) is 11.6 Å². The average molecular weight is 380 g/mol. The van der Waals surface area contributed by atoms with Crippen molar-refractivity contribution in [3.8, 4) is 5.75 Å². The van der Waals surface area contributed by atoms with Crippen molar-refractivity contribution in [3.05, 3.63) is 27.7 Å². The minimum Gasteiger partial charge on any atom is -0.492 e. The van der Waals surface area contributed by atoms with Crippen LogP contribution in [0.15, 0.2) is 12.1 Å². The third-order valence-corrected chi connectivity index (χ3v) is 3.94. The van der Waals surface area contributed by atoms with Crippen LogP contribution in [-0.2, 0) is 0 Å². The van der Waals surface area contributed by atoms with Gasteiger partial charge in [-0.1, -0.05) is 39.1 Å². The van der Waals surface area contributed by atoms with Gasteiger partial charge in [0, 0.05) is 22.3 Å². The lowest BCUT2D eigenvalue weighted by Crippen LogP contribution is -2.08. The van der Waals surface area contributed by atoms with Crippen LogP contribution in [0.5, 0.6) is 5.75 Å². The standard InChI is InChI=1S/C12H12BrCl2F3O/c1-2-19-11-6-9(14)7(5-10(11)15)8(13)3-4-12(16,17)18/h5-6,8H,2-4H2,1H3. The highest BCUT2D eigenvalue weighted by Crippen LogP contribution is 2.40. The monoisotopic (exact) mass is 378 g/mol. The Morgan fingerprint density at radius 2 is 1.89 bits per heavy atom. The molecule has 0 bridgehead atoms. The van der Waals surface area contributed by atoms with E-state index in [9.17, 15) is 13.2 Å². The summed E-state index contributed by atoms with van der Waals surface area (Å²) in [7, 11) is 0. The second-order valence-corrected chi connectivity index (χ2v) is 5.78. The Morgan fingerprint density at radius 1 is 1.26 bits per heavy atom. The molecule has 1 rings (SSSR count). The third kappa shape index (κ3) is 5.40. The van der Waals surface area contributed by atoms with Crippen LogP contribution in [0.4, 0.5) is 13.2 Å². The van der Waals surface area contributed by atoms with Crippen LogP contribution in [0, 0.1) is 0 Å². The van der Waals surface area contributed by atoms with Gasteiger partial charge < -0.3 is 4.74 Å². The first-order valence-corrected chi connectivity index (χ1v) is 7.24. The molecule has 0 amide bonds. The molecule has 0 aliphatic rings. The summed E-state index contributed by atoms with van der Waals surface area (Å²) in [6.45, 7) is 2.23. The Morgan fingerprint density at radius 3 is 2.42 bits per heavy atom. The highest BCUT2D eigenvalue weighted by molar-refractivity contribution is 9.09. The van der Waals surface area contributed by atoms with E-state index in [1.807, 2.05) is 0 Å². The molecule has 0 saturated heterocycles. The molecule has 0 N–H and O–H groups in total. The lowest BCUT2D eigenvalue weighted by atomic mass is 10.1. The molecule has 1 atom stereocenters. The third-order valence-electron chi connectivity index (χ3n) is 2.37. The van der Waals surface area contributed by atoms with Gasteiger partial charge in [0.1, 0.15) is 5.75 Å². The molecule has 0 aromatic heterocycles. The Balaban J connectivity index is 2.86. The number of hydrogen-bond donors (Lipinski definition) is 0. The van der Waals surface area contributed by atoms with Crippen molar-refractivity contribution in [2.75, 3.05) is 6.61 Å². The molecule has 0 radical (unpaired) electrons. The first kappa shape index (κ1) is 16.9. The van der Waals surface area contributed by atoms with Crippen molar-refractivity contribution in [1.29, 1.82) is 0 Å². The molecule has 1 nitrogen and oxygen atoms in total. The van der Waals surface area contributed by atoms with Gasteiger partial charge in [-0.25, -0.2) is 0 Å². The summed E-state index contributed by atoms with van der Waals surface area (Å²) in [5, 5.41) is 0.662. The van der Waals surface area contributed by atoms with Crippen molar-refractivity contribution >= 4 is 39.1 Å². The van der Waals surface area contributed by atoms with Crippen LogP contribution in [-0.4, -0.2) is 12.8 Å². The minimum absolute atomic E-state index is 0.104. The number of ether oxygens (including phenoxy) is 1. The van der Waals surface area contributed by atoms with Gasteiger partial charge in [-0.2, -0.15) is 13.2 Å². The lowest BCUT2D eigenvalue weighted by molar-refractivity contribution is -0.135. The quantitative estimate of drug-likeness (QED) is 0.555. The first-order chi connectivity index (χ1) is 8.74. The maximum absolute atomic E-state index is 12.2. The van der Waals surface area contributed by atoms with Crippen molar-refractivity contribution in [3.63, 3.8) is 0 Å². The fourth-order valence-corrected chi connectivity index (χ4v) is 2.75. The van der Waals surface area contributed by atoms with Crippen LogP contribution >= 0.6 is 39.1 Å². The molecule has 1 aromatic rings. The molecule has 0 aliphatic heterocycles. The summed E-state index contributed by atoms with van der Waals surface area (Å²) in [5.74, 6) is 0.424. The number of halogens is 6. The van der Waals surface area contributed by atoms with E-state index in [4.69, 9.17) is 27.9 Å². The smallest absolute Gasteiger partial charge is 0.389 e. The maximum atomic E-state index is 12.2. The van der Waals surface area contributed by atoms with E-state index in [1.54, 1.807) is 6.92 Å². The number of alkyl halides is 4. The Kier molecular flexibility index (Phi) is 6.27. The molecular formula is C12H12BrCl2F3O. The van der Waals surface area contributed by atoms with Crippen LogP contribution in [0.2, 0.25) is 10.0 Å². The zero-order valence-electron chi connectivity index (χ0n) is 10.0. The zero-order valence-corrected chi connectivity index (χ0v) is 13.1. The summed E-state index contributed by atoms with van der Waals surface area (Å²) in [5.41, 5.74) is 0.527. The van der Waals surface area contributed by atoms with Gasteiger partial charge in [0.2, 0.25) is 0 Å².